The summed E-state index contributed by atoms with van der Waals surface area (Å²) < 4.78 is 8.42. The molecule has 0 bridgehead atoms. The van der Waals surface area contributed by atoms with Gasteiger partial charge in [0.25, 0.3) is 5.91 Å². The van der Waals surface area contributed by atoms with E-state index in [9.17, 15) is 4.79 Å². The van der Waals surface area contributed by atoms with Crippen molar-refractivity contribution in [3.8, 4) is 5.75 Å². The fourth-order valence-electron chi connectivity index (χ4n) is 3.73. The van der Waals surface area contributed by atoms with Gasteiger partial charge in [-0.15, -0.1) is 0 Å². The molecule has 1 amide bonds. The zero-order valence-electron chi connectivity index (χ0n) is 14.9. The van der Waals surface area contributed by atoms with Crippen LogP contribution in [0.15, 0.2) is 34.9 Å². The van der Waals surface area contributed by atoms with E-state index in [1.54, 1.807) is 6.20 Å². The molecule has 1 atom stereocenters. The summed E-state index contributed by atoms with van der Waals surface area (Å²) in [6.45, 7) is 2.54. The summed E-state index contributed by atoms with van der Waals surface area (Å²) in [7, 11) is 0. The third-order valence-corrected chi connectivity index (χ3v) is 6.19. The van der Waals surface area contributed by atoms with Crippen LogP contribution in [0.1, 0.15) is 58.5 Å². The molecule has 1 aromatic carbocycles. The molecule has 2 aromatic heterocycles. The first-order valence-electron chi connectivity index (χ1n) is 9.20. The number of amides is 1. The summed E-state index contributed by atoms with van der Waals surface area (Å²) in [5.41, 5.74) is 4.25. The van der Waals surface area contributed by atoms with Crippen LogP contribution in [0.25, 0.3) is 5.65 Å². The van der Waals surface area contributed by atoms with Crippen LogP contribution in [0.5, 0.6) is 5.75 Å². The number of carbonyl (C=O) groups is 1. The molecule has 7 heteroatoms. The Hall–Kier alpha value is -2.41. The van der Waals surface area contributed by atoms with Gasteiger partial charge < -0.3 is 10.1 Å². The largest absolute Gasteiger partial charge is 0.493 e. The predicted octanol–water partition coefficient (Wildman–Crippen LogP) is 3.93. The molecule has 1 aliphatic heterocycles. The van der Waals surface area contributed by atoms with E-state index in [0.29, 0.717) is 18.1 Å². The zero-order chi connectivity index (χ0) is 18.5. The number of aromatic nitrogens is 3. The van der Waals surface area contributed by atoms with Gasteiger partial charge in [-0.2, -0.15) is 5.10 Å². The lowest BCUT2D eigenvalue weighted by Crippen LogP contribution is -2.33. The van der Waals surface area contributed by atoms with Crippen LogP contribution in [0.3, 0.4) is 0 Å². The highest BCUT2D eigenvalue weighted by Crippen LogP contribution is 2.42. The second-order valence-corrected chi connectivity index (χ2v) is 7.96. The summed E-state index contributed by atoms with van der Waals surface area (Å²) in [5.74, 6) is 1.11. The maximum atomic E-state index is 13.2. The minimum atomic E-state index is -0.0997. The first-order valence-corrected chi connectivity index (χ1v) is 9.99. The van der Waals surface area contributed by atoms with Crippen molar-refractivity contribution in [1.82, 2.24) is 19.9 Å². The molecular formula is C20H19BrN4O2. The van der Waals surface area contributed by atoms with Gasteiger partial charge in [0.05, 0.1) is 34.1 Å². The highest BCUT2D eigenvalue weighted by Gasteiger charge is 2.33. The Kier molecular flexibility index (Phi) is 3.93. The van der Waals surface area contributed by atoms with E-state index in [0.717, 1.165) is 52.1 Å². The summed E-state index contributed by atoms with van der Waals surface area (Å²) in [6.07, 6.45) is 4.60. The number of halogens is 1. The van der Waals surface area contributed by atoms with Gasteiger partial charge in [-0.05, 0) is 41.8 Å². The smallest absolute Gasteiger partial charge is 0.255 e. The van der Waals surface area contributed by atoms with Crippen molar-refractivity contribution in [1.29, 1.82) is 0 Å². The van der Waals surface area contributed by atoms with Crippen molar-refractivity contribution < 1.29 is 9.53 Å². The molecule has 1 saturated carbocycles. The second kappa shape index (κ2) is 6.34. The van der Waals surface area contributed by atoms with Gasteiger partial charge in [-0.3, -0.25) is 4.79 Å². The lowest BCUT2D eigenvalue weighted by molar-refractivity contribution is 0.0922. The molecular weight excluding hydrogens is 408 g/mol. The van der Waals surface area contributed by atoms with E-state index in [1.165, 1.54) is 0 Å². The average molecular weight is 427 g/mol. The van der Waals surface area contributed by atoms with E-state index >= 15 is 0 Å². The van der Waals surface area contributed by atoms with E-state index in [2.05, 4.69) is 31.3 Å². The van der Waals surface area contributed by atoms with Gasteiger partial charge in [-0.1, -0.05) is 18.2 Å². The van der Waals surface area contributed by atoms with Gasteiger partial charge >= 0.3 is 0 Å². The van der Waals surface area contributed by atoms with Gasteiger partial charge in [-0.25, -0.2) is 9.50 Å². The SMILES string of the molecule is Cc1nn2c(C3CC3)c(C(=O)NC3CCOc4ccccc43)cnc2c1Br. The monoisotopic (exact) mass is 426 g/mol. The fourth-order valence-corrected chi connectivity index (χ4v) is 4.08. The molecule has 1 unspecified atom stereocenters. The normalized spacial score (nSPS) is 18.8. The van der Waals surface area contributed by atoms with Crippen LogP contribution >= 0.6 is 15.9 Å². The number of hydrogen-bond donors (Lipinski definition) is 1. The molecule has 138 valence electrons. The van der Waals surface area contributed by atoms with Crippen LogP contribution in [-0.2, 0) is 0 Å². The van der Waals surface area contributed by atoms with Crippen LogP contribution in [0.4, 0.5) is 0 Å². The minimum Gasteiger partial charge on any atom is -0.493 e. The molecule has 1 N–H and O–H groups in total. The Labute approximate surface area is 165 Å². The lowest BCUT2D eigenvalue weighted by atomic mass is 10.00. The van der Waals surface area contributed by atoms with E-state index in [-0.39, 0.29) is 11.9 Å². The maximum absolute atomic E-state index is 13.2. The van der Waals surface area contributed by atoms with E-state index in [4.69, 9.17) is 4.74 Å². The highest BCUT2D eigenvalue weighted by atomic mass is 79.9. The number of ether oxygens (including phenoxy) is 1. The van der Waals surface area contributed by atoms with Crippen LogP contribution < -0.4 is 10.1 Å². The van der Waals surface area contributed by atoms with Crippen molar-refractivity contribution in [2.75, 3.05) is 6.61 Å². The average Bonchev–Trinajstić information content (AvgIpc) is 3.48. The molecule has 5 rings (SSSR count). The molecule has 0 spiro atoms. The second-order valence-electron chi connectivity index (χ2n) is 7.17. The quantitative estimate of drug-likeness (QED) is 0.688. The summed E-state index contributed by atoms with van der Waals surface area (Å²) in [4.78, 5) is 17.7. The number of hydrogen-bond acceptors (Lipinski definition) is 4. The Morgan fingerprint density at radius 1 is 1.30 bits per heavy atom. The maximum Gasteiger partial charge on any atom is 0.255 e. The van der Waals surface area contributed by atoms with Crippen LogP contribution in [0, 0.1) is 6.92 Å². The summed E-state index contributed by atoms with van der Waals surface area (Å²) in [6, 6.07) is 7.82. The number of para-hydroxylation sites is 1. The molecule has 6 nitrogen and oxygen atoms in total. The third kappa shape index (κ3) is 2.81. The fraction of sp³-hybridized carbons (Fsp3) is 0.350. The van der Waals surface area contributed by atoms with Crippen LogP contribution in [-0.4, -0.2) is 27.1 Å². The first kappa shape index (κ1) is 16.7. The van der Waals surface area contributed by atoms with Gasteiger partial charge in [0, 0.05) is 24.1 Å². The van der Waals surface area contributed by atoms with Crippen molar-refractivity contribution in [3.63, 3.8) is 0 Å². The highest BCUT2D eigenvalue weighted by molar-refractivity contribution is 9.10. The number of rotatable bonds is 3. The Balaban J connectivity index is 1.53. The summed E-state index contributed by atoms with van der Waals surface area (Å²) >= 11 is 3.55. The third-order valence-electron chi connectivity index (χ3n) is 5.26. The lowest BCUT2D eigenvalue weighted by Gasteiger charge is -2.27. The van der Waals surface area contributed by atoms with Gasteiger partial charge in [0.1, 0.15) is 5.75 Å². The number of aryl methyl sites for hydroxylation is 1. The molecule has 3 aromatic rings. The molecule has 27 heavy (non-hydrogen) atoms. The Morgan fingerprint density at radius 3 is 2.93 bits per heavy atom. The number of nitrogens with zero attached hydrogens (tertiary/aromatic N) is 3. The van der Waals surface area contributed by atoms with Gasteiger partial charge in [0.15, 0.2) is 5.65 Å². The molecule has 0 saturated heterocycles. The minimum absolute atomic E-state index is 0.0590. The standard InChI is InChI=1S/C20H19BrN4O2/c1-11-17(21)19-22-10-14(18(12-6-7-12)25(19)24-11)20(26)23-15-8-9-27-16-5-3-2-4-13(15)16/h2-5,10,12,15H,6-9H2,1H3,(H,23,26). The number of carbonyl (C=O) groups excluding carboxylic acids is 1. The van der Waals surface area contributed by atoms with E-state index < -0.39 is 0 Å². The van der Waals surface area contributed by atoms with E-state index in [1.807, 2.05) is 35.7 Å². The number of nitrogens with one attached hydrogen (secondary N) is 1. The molecule has 2 aliphatic rings. The molecule has 0 radical (unpaired) electrons. The molecule has 3 heterocycles. The number of benzene rings is 1. The Bertz CT molecular complexity index is 1060. The van der Waals surface area contributed by atoms with Crippen molar-refractivity contribution in [2.45, 2.75) is 38.1 Å². The first-order chi connectivity index (χ1) is 13.1. The van der Waals surface area contributed by atoms with Crippen molar-refractivity contribution in [3.05, 3.63) is 57.4 Å². The molecule has 1 fully saturated rings. The zero-order valence-corrected chi connectivity index (χ0v) is 16.5. The van der Waals surface area contributed by atoms with Crippen LogP contribution in [0.2, 0.25) is 0 Å². The number of fused-ring (bicyclic) bond motifs is 2. The Morgan fingerprint density at radius 2 is 2.11 bits per heavy atom. The van der Waals surface area contributed by atoms with Gasteiger partial charge in [0.2, 0.25) is 0 Å². The molecule has 1 aliphatic carbocycles. The summed E-state index contributed by atoms with van der Waals surface area (Å²) in [5, 5.41) is 7.80. The predicted molar refractivity (Wildman–Crippen MR) is 104 cm³/mol. The van der Waals surface area contributed by atoms with Crippen molar-refractivity contribution >= 4 is 27.5 Å². The van der Waals surface area contributed by atoms with Crippen molar-refractivity contribution in [2.24, 2.45) is 0 Å². The topological polar surface area (TPSA) is 68.5 Å².